The van der Waals surface area contributed by atoms with Crippen molar-refractivity contribution in [3.8, 4) is 11.3 Å². The Balaban J connectivity index is 1.83. The number of rotatable bonds is 7. The van der Waals surface area contributed by atoms with Crippen LogP contribution in [0.25, 0.3) is 11.3 Å². The zero-order valence-corrected chi connectivity index (χ0v) is 16.0. The van der Waals surface area contributed by atoms with E-state index in [4.69, 9.17) is 28.7 Å². The number of nitrogens with zero attached hydrogens (tertiary/aromatic N) is 1. The molecule has 2 aromatic carbocycles. The van der Waals surface area contributed by atoms with Gasteiger partial charge in [-0.3, -0.25) is 0 Å². The van der Waals surface area contributed by atoms with Gasteiger partial charge in [-0.1, -0.05) is 60.1 Å². The van der Waals surface area contributed by atoms with Crippen LogP contribution >= 0.6 is 35.2 Å². The van der Waals surface area contributed by atoms with Gasteiger partial charge in [-0.2, -0.15) is 4.73 Å². The van der Waals surface area contributed by atoms with Gasteiger partial charge >= 0.3 is 0 Å². The Hall–Kier alpha value is -1.88. The minimum atomic E-state index is 0.235. The maximum atomic E-state index is 6.10. The van der Waals surface area contributed by atoms with E-state index in [-0.39, 0.29) is 5.92 Å². The Labute approximate surface area is 161 Å². The first kappa shape index (κ1) is 17.9. The predicted molar refractivity (Wildman–Crippen MR) is 109 cm³/mol. The number of thiazole rings is 1. The van der Waals surface area contributed by atoms with E-state index >= 15 is 0 Å². The molecule has 0 saturated carbocycles. The minimum Gasteiger partial charge on any atom is -0.411 e. The Morgan fingerprint density at radius 3 is 2.56 bits per heavy atom. The lowest BCUT2D eigenvalue weighted by molar-refractivity contribution is 0.100. The number of aromatic nitrogens is 1. The molecular weight excluding hydrogens is 370 g/mol. The molecule has 3 rings (SSSR count). The predicted octanol–water partition coefficient (Wildman–Crippen LogP) is 6.39. The van der Waals surface area contributed by atoms with Crippen molar-refractivity contribution < 1.29 is 4.84 Å². The molecule has 0 aliphatic carbocycles. The van der Waals surface area contributed by atoms with Gasteiger partial charge in [0.15, 0.2) is 3.95 Å². The summed E-state index contributed by atoms with van der Waals surface area (Å²) in [7, 11) is 0. The monoisotopic (exact) mass is 387 g/mol. The Morgan fingerprint density at radius 2 is 1.88 bits per heavy atom. The van der Waals surface area contributed by atoms with Gasteiger partial charge < -0.3 is 4.84 Å². The molecule has 128 valence electrons. The largest absolute Gasteiger partial charge is 0.411 e. The molecule has 0 aliphatic rings. The SMILES string of the molecule is C=CCC(COn1c(-c2ccc(Cl)cc2)csc1=S)c1ccccc1. The summed E-state index contributed by atoms with van der Waals surface area (Å²) in [5.74, 6) is 0.235. The molecule has 0 amide bonds. The lowest BCUT2D eigenvalue weighted by atomic mass is 9.97. The van der Waals surface area contributed by atoms with Crippen LogP contribution in [0.5, 0.6) is 0 Å². The topological polar surface area (TPSA) is 14.2 Å². The molecule has 25 heavy (non-hydrogen) atoms. The summed E-state index contributed by atoms with van der Waals surface area (Å²) in [4.78, 5) is 6.10. The zero-order valence-electron chi connectivity index (χ0n) is 13.6. The third-order valence-corrected chi connectivity index (χ3v) is 5.34. The molecule has 1 unspecified atom stereocenters. The number of hydrogen-bond acceptors (Lipinski definition) is 3. The van der Waals surface area contributed by atoms with Crippen molar-refractivity contribution in [1.29, 1.82) is 0 Å². The van der Waals surface area contributed by atoms with Gasteiger partial charge in [-0.05, 0) is 36.3 Å². The van der Waals surface area contributed by atoms with Crippen LogP contribution < -0.4 is 4.84 Å². The fourth-order valence-corrected chi connectivity index (χ4v) is 3.73. The summed E-state index contributed by atoms with van der Waals surface area (Å²) in [6.45, 7) is 4.40. The molecule has 0 spiro atoms. The number of halogens is 1. The van der Waals surface area contributed by atoms with Crippen LogP contribution in [-0.4, -0.2) is 11.3 Å². The highest BCUT2D eigenvalue weighted by atomic mass is 35.5. The summed E-state index contributed by atoms with van der Waals surface area (Å²) in [5.41, 5.74) is 3.20. The van der Waals surface area contributed by atoms with E-state index in [0.717, 1.165) is 17.7 Å². The van der Waals surface area contributed by atoms with E-state index in [9.17, 15) is 0 Å². The summed E-state index contributed by atoms with van der Waals surface area (Å²) in [6.07, 6.45) is 2.77. The minimum absolute atomic E-state index is 0.235. The van der Waals surface area contributed by atoms with E-state index in [2.05, 4.69) is 18.7 Å². The molecule has 0 bridgehead atoms. The molecule has 0 aliphatic heterocycles. The van der Waals surface area contributed by atoms with Crippen molar-refractivity contribution >= 4 is 35.2 Å². The van der Waals surface area contributed by atoms with E-state index in [0.29, 0.717) is 15.6 Å². The molecule has 5 heteroatoms. The number of hydrogen-bond donors (Lipinski definition) is 0. The van der Waals surface area contributed by atoms with Gasteiger partial charge in [0.05, 0.1) is 5.69 Å². The van der Waals surface area contributed by atoms with Crippen LogP contribution in [0.1, 0.15) is 17.9 Å². The molecule has 0 saturated heterocycles. The normalized spacial score (nSPS) is 11.9. The highest BCUT2D eigenvalue weighted by Crippen LogP contribution is 2.26. The Morgan fingerprint density at radius 1 is 1.16 bits per heavy atom. The van der Waals surface area contributed by atoms with E-state index in [1.165, 1.54) is 16.9 Å². The van der Waals surface area contributed by atoms with Crippen molar-refractivity contribution in [2.75, 3.05) is 6.61 Å². The van der Waals surface area contributed by atoms with Crippen LogP contribution in [0.15, 0.2) is 72.6 Å². The van der Waals surface area contributed by atoms with Gasteiger partial charge in [0, 0.05) is 21.9 Å². The highest BCUT2D eigenvalue weighted by Gasteiger charge is 2.14. The maximum Gasteiger partial charge on any atom is 0.197 e. The fraction of sp³-hybridized carbons (Fsp3) is 0.150. The van der Waals surface area contributed by atoms with Crippen LogP contribution in [0, 0.1) is 3.95 Å². The zero-order chi connectivity index (χ0) is 17.6. The molecule has 0 fully saturated rings. The maximum absolute atomic E-state index is 6.10. The summed E-state index contributed by atoms with van der Waals surface area (Å²) in [6, 6.07) is 18.0. The lowest BCUT2D eigenvalue weighted by Gasteiger charge is -2.18. The third-order valence-electron chi connectivity index (χ3n) is 3.92. The number of benzene rings is 2. The van der Waals surface area contributed by atoms with Crippen LogP contribution in [0.3, 0.4) is 0 Å². The number of allylic oxidation sites excluding steroid dienone is 1. The average Bonchev–Trinajstić information content (AvgIpc) is 3.01. The third kappa shape index (κ3) is 4.40. The average molecular weight is 388 g/mol. The second kappa shape index (κ2) is 8.48. The second-order valence-corrected chi connectivity index (χ2v) is 7.56. The van der Waals surface area contributed by atoms with Crippen LogP contribution in [-0.2, 0) is 0 Å². The summed E-state index contributed by atoms with van der Waals surface area (Å²) >= 11 is 12.9. The van der Waals surface area contributed by atoms with E-state index < -0.39 is 0 Å². The first-order valence-corrected chi connectivity index (χ1v) is 9.61. The Bertz CT molecular complexity index is 884. The van der Waals surface area contributed by atoms with E-state index in [1.54, 1.807) is 4.73 Å². The quantitative estimate of drug-likeness (QED) is 0.344. The van der Waals surface area contributed by atoms with Crippen LogP contribution in [0.2, 0.25) is 5.02 Å². The fourth-order valence-electron chi connectivity index (χ4n) is 2.62. The molecule has 1 aromatic heterocycles. The van der Waals surface area contributed by atoms with Crippen molar-refractivity contribution in [1.82, 2.24) is 4.73 Å². The van der Waals surface area contributed by atoms with Gasteiger partial charge in [0.1, 0.15) is 6.61 Å². The van der Waals surface area contributed by atoms with Gasteiger partial charge in [-0.15, -0.1) is 17.9 Å². The summed E-state index contributed by atoms with van der Waals surface area (Å²) in [5, 5.41) is 2.72. The van der Waals surface area contributed by atoms with Crippen molar-refractivity contribution in [2.45, 2.75) is 12.3 Å². The van der Waals surface area contributed by atoms with Gasteiger partial charge in [0.2, 0.25) is 0 Å². The molecular formula is C20H18ClNOS2. The molecule has 3 aromatic rings. The first-order chi connectivity index (χ1) is 12.2. The molecule has 1 heterocycles. The lowest BCUT2D eigenvalue weighted by Crippen LogP contribution is -2.19. The van der Waals surface area contributed by atoms with Gasteiger partial charge in [-0.25, -0.2) is 0 Å². The van der Waals surface area contributed by atoms with Crippen molar-refractivity contribution in [3.05, 3.63) is 87.2 Å². The standard InChI is InChI=1S/C20H18ClNOS2/c1-2-6-17(15-7-4-3-5-8-15)13-23-22-19(14-25-20(22)24)16-9-11-18(21)12-10-16/h2-5,7-12,14,17H,1,6,13H2. The second-order valence-electron chi connectivity index (χ2n) is 5.62. The Kier molecular flexibility index (Phi) is 6.08. The van der Waals surface area contributed by atoms with Gasteiger partial charge in [0.25, 0.3) is 0 Å². The smallest absolute Gasteiger partial charge is 0.197 e. The summed E-state index contributed by atoms with van der Waals surface area (Å²) < 4.78 is 2.43. The molecule has 1 atom stereocenters. The van der Waals surface area contributed by atoms with Crippen molar-refractivity contribution in [2.24, 2.45) is 0 Å². The highest BCUT2D eigenvalue weighted by molar-refractivity contribution is 7.73. The molecule has 0 N–H and O–H groups in total. The molecule has 0 radical (unpaired) electrons. The molecule has 2 nitrogen and oxygen atoms in total. The van der Waals surface area contributed by atoms with Crippen LogP contribution in [0.4, 0.5) is 0 Å². The van der Waals surface area contributed by atoms with Crippen molar-refractivity contribution in [3.63, 3.8) is 0 Å². The first-order valence-electron chi connectivity index (χ1n) is 7.94. The van der Waals surface area contributed by atoms with E-state index in [1.807, 2.05) is 53.9 Å².